The van der Waals surface area contributed by atoms with Gasteiger partial charge in [-0.3, -0.25) is 0 Å². The van der Waals surface area contributed by atoms with Gasteiger partial charge in [-0.2, -0.15) is 0 Å². The first kappa shape index (κ1) is 21.0. The Hall–Kier alpha value is -1.35. The maximum atomic E-state index is 12.8. The topological polar surface area (TPSA) is 38.3 Å². The maximum Gasteiger partial charge on any atom is 0.338 e. The van der Waals surface area contributed by atoms with E-state index in [4.69, 9.17) is 4.74 Å². The number of ether oxygens (including phenoxy) is 1. The first-order valence-electron chi connectivity index (χ1n) is 10.0. The van der Waals surface area contributed by atoms with Crippen molar-refractivity contribution in [1.82, 2.24) is 5.32 Å². The number of esters is 1. The summed E-state index contributed by atoms with van der Waals surface area (Å²) in [5, 5.41) is 3.83. The van der Waals surface area contributed by atoms with E-state index in [0.29, 0.717) is 5.56 Å². The molecular formula is C23H37NO2. The van der Waals surface area contributed by atoms with Gasteiger partial charge >= 0.3 is 5.97 Å². The highest BCUT2D eigenvalue weighted by molar-refractivity contribution is 5.89. The fraction of sp³-hybridized carbons (Fsp3) is 0.696. The zero-order valence-electron chi connectivity index (χ0n) is 17.9. The Kier molecular flexibility index (Phi) is 5.92. The van der Waals surface area contributed by atoms with E-state index >= 15 is 0 Å². The minimum Gasteiger partial charge on any atom is -0.458 e. The standard InChI is InChI=1S/C23H37NO2/c1-9-22(7)15-19(16(3)23(8,10-2)24-22)26-20(25)17-11-13-18(14-12-17)21(4,5)6/h11-14,16,19,24H,9-10,15H2,1-8H3. The Labute approximate surface area is 159 Å². The van der Waals surface area contributed by atoms with Gasteiger partial charge < -0.3 is 10.1 Å². The Morgan fingerprint density at radius 3 is 2.19 bits per heavy atom. The normalized spacial score (nSPS) is 32.3. The molecule has 1 aromatic rings. The molecule has 2 rings (SSSR count). The largest absolute Gasteiger partial charge is 0.458 e. The number of hydrogen-bond donors (Lipinski definition) is 1. The van der Waals surface area contributed by atoms with E-state index in [-0.39, 0.29) is 34.5 Å². The van der Waals surface area contributed by atoms with Gasteiger partial charge in [-0.15, -0.1) is 0 Å². The van der Waals surface area contributed by atoms with E-state index in [2.05, 4.69) is 60.7 Å². The Bertz CT molecular complexity index is 631. The lowest BCUT2D eigenvalue weighted by Gasteiger charge is -2.52. The molecule has 0 amide bonds. The predicted molar refractivity (Wildman–Crippen MR) is 109 cm³/mol. The fourth-order valence-corrected chi connectivity index (χ4v) is 3.98. The summed E-state index contributed by atoms with van der Waals surface area (Å²) in [5.41, 5.74) is 1.92. The lowest BCUT2D eigenvalue weighted by Crippen LogP contribution is -2.66. The van der Waals surface area contributed by atoms with Crippen molar-refractivity contribution in [3.8, 4) is 0 Å². The Balaban J connectivity index is 2.18. The van der Waals surface area contributed by atoms with Crippen molar-refractivity contribution < 1.29 is 9.53 Å². The third-order valence-electron chi connectivity index (χ3n) is 6.56. The minimum atomic E-state index is -0.207. The molecule has 0 aliphatic carbocycles. The first-order chi connectivity index (χ1) is 11.9. The number of hydrogen-bond acceptors (Lipinski definition) is 3. The lowest BCUT2D eigenvalue weighted by atomic mass is 9.70. The lowest BCUT2D eigenvalue weighted by molar-refractivity contribution is -0.0485. The third kappa shape index (κ3) is 4.31. The van der Waals surface area contributed by atoms with Crippen LogP contribution in [0.1, 0.15) is 90.6 Å². The molecule has 0 aromatic heterocycles. The summed E-state index contributed by atoms with van der Waals surface area (Å²) < 4.78 is 6.03. The molecule has 3 heteroatoms. The Morgan fingerprint density at radius 2 is 1.73 bits per heavy atom. The van der Waals surface area contributed by atoms with E-state index in [1.165, 1.54) is 5.56 Å². The van der Waals surface area contributed by atoms with Crippen LogP contribution < -0.4 is 5.32 Å². The molecule has 1 aliphatic heterocycles. The zero-order valence-corrected chi connectivity index (χ0v) is 17.9. The first-order valence-corrected chi connectivity index (χ1v) is 10.0. The van der Waals surface area contributed by atoms with Crippen molar-refractivity contribution in [2.75, 3.05) is 0 Å². The molecule has 1 aromatic carbocycles. The van der Waals surface area contributed by atoms with E-state index in [9.17, 15) is 4.79 Å². The number of nitrogens with one attached hydrogen (secondary N) is 1. The van der Waals surface area contributed by atoms with Crippen LogP contribution in [0.15, 0.2) is 24.3 Å². The molecule has 0 radical (unpaired) electrons. The number of benzene rings is 1. The summed E-state index contributed by atoms with van der Waals surface area (Å²) in [6, 6.07) is 7.86. The van der Waals surface area contributed by atoms with Gasteiger partial charge in [0.05, 0.1) is 5.56 Å². The highest BCUT2D eigenvalue weighted by Crippen LogP contribution is 2.39. The third-order valence-corrected chi connectivity index (χ3v) is 6.56. The monoisotopic (exact) mass is 359 g/mol. The van der Waals surface area contributed by atoms with Crippen LogP contribution >= 0.6 is 0 Å². The highest BCUT2D eigenvalue weighted by Gasteiger charge is 2.47. The van der Waals surface area contributed by atoms with Crippen LogP contribution in [0.2, 0.25) is 0 Å². The van der Waals surface area contributed by atoms with E-state index in [0.717, 1.165) is 19.3 Å². The average Bonchev–Trinajstić information content (AvgIpc) is 2.58. The number of rotatable bonds is 4. The average molecular weight is 360 g/mol. The molecule has 146 valence electrons. The van der Waals surface area contributed by atoms with Crippen LogP contribution in [-0.4, -0.2) is 23.2 Å². The molecule has 0 spiro atoms. The van der Waals surface area contributed by atoms with E-state index < -0.39 is 0 Å². The molecule has 1 saturated heterocycles. The quantitative estimate of drug-likeness (QED) is 0.724. The van der Waals surface area contributed by atoms with Crippen molar-refractivity contribution >= 4 is 5.97 Å². The van der Waals surface area contributed by atoms with E-state index in [1.807, 2.05) is 24.3 Å². The van der Waals surface area contributed by atoms with Gasteiger partial charge in [0, 0.05) is 23.4 Å². The predicted octanol–water partition coefficient (Wildman–Crippen LogP) is 5.48. The molecule has 0 bridgehead atoms. The molecular weight excluding hydrogens is 322 g/mol. The summed E-state index contributed by atoms with van der Waals surface area (Å²) in [6.45, 7) is 17.6. The van der Waals surface area contributed by atoms with Gasteiger partial charge in [-0.1, -0.05) is 53.7 Å². The maximum absolute atomic E-state index is 12.8. The van der Waals surface area contributed by atoms with Gasteiger partial charge in [-0.05, 0) is 49.8 Å². The summed E-state index contributed by atoms with van der Waals surface area (Å²) in [5.74, 6) is 0.0611. The summed E-state index contributed by atoms with van der Waals surface area (Å²) in [7, 11) is 0. The Morgan fingerprint density at radius 1 is 1.15 bits per heavy atom. The second-order valence-electron chi connectivity index (χ2n) is 9.57. The summed E-state index contributed by atoms with van der Waals surface area (Å²) >= 11 is 0. The van der Waals surface area contributed by atoms with Gasteiger partial charge in [0.1, 0.15) is 6.10 Å². The zero-order chi connectivity index (χ0) is 19.8. The molecule has 1 aliphatic rings. The molecule has 4 unspecified atom stereocenters. The summed E-state index contributed by atoms with van der Waals surface area (Å²) in [4.78, 5) is 12.8. The van der Waals surface area contributed by atoms with Crippen molar-refractivity contribution in [3.05, 3.63) is 35.4 Å². The van der Waals surface area contributed by atoms with Crippen molar-refractivity contribution in [3.63, 3.8) is 0 Å². The van der Waals surface area contributed by atoms with Crippen LogP contribution in [0, 0.1) is 5.92 Å². The molecule has 4 atom stereocenters. The number of piperidine rings is 1. The van der Waals surface area contributed by atoms with Crippen molar-refractivity contribution in [1.29, 1.82) is 0 Å². The van der Waals surface area contributed by atoms with Crippen LogP contribution in [0.25, 0.3) is 0 Å². The van der Waals surface area contributed by atoms with Crippen LogP contribution in [0.3, 0.4) is 0 Å². The van der Waals surface area contributed by atoms with Gasteiger partial charge in [0.2, 0.25) is 0 Å². The van der Waals surface area contributed by atoms with Crippen LogP contribution in [0.4, 0.5) is 0 Å². The molecule has 1 heterocycles. The summed E-state index contributed by atoms with van der Waals surface area (Å²) in [6.07, 6.45) is 2.81. The fourth-order valence-electron chi connectivity index (χ4n) is 3.98. The molecule has 1 N–H and O–H groups in total. The smallest absolute Gasteiger partial charge is 0.338 e. The SMILES string of the molecule is CCC1(C)CC(OC(=O)c2ccc(C(C)(C)C)cc2)C(C)C(C)(CC)N1. The van der Waals surface area contributed by atoms with E-state index in [1.54, 1.807) is 0 Å². The van der Waals surface area contributed by atoms with Crippen LogP contribution in [-0.2, 0) is 10.2 Å². The van der Waals surface area contributed by atoms with Gasteiger partial charge in [0.15, 0.2) is 0 Å². The highest BCUT2D eigenvalue weighted by atomic mass is 16.5. The molecule has 1 fully saturated rings. The molecule has 3 nitrogen and oxygen atoms in total. The molecule has 0 saturated carbocycles. The van der Waals surface area contributed by atoms with Crippen LogP contribution in [0.5, 0.6) is 0 Å². The second kappa shape index (κ2) is 7.34. The van der Waals surface area contributed by atoms with Gasteiger partial charge in [0.25, 0.3) is 0 Å². The minimum absolute atomic E-state index is 0.00168. The van der Waals surface area contributed by atoms with Crippen molar-refractivity contribution in [2.45, 2.75) is 97.2 Å². The van der Waals surface area contributed by atoms with Gasteiger partial charge in [-0.25, -0.2) is 4.79 Å². The second-order valence-corrected chi connectivity index (χ2v) is 9.57. The van der Waals surface area contributed by atoms with Crippen molar-refractivity contribution in [2.24, 2.45) is 5.92 Å². The molecule has 26 heavy (non-hydrogen) atoms. The number of carbonyl (C=O) groups excluding carboxylic acids is 1. The number of carbonyl (C=O) groups is 1.